The lowest BCUT2D eigenvalue weighted by atomic mass is 10.1. The van der Waals surface area contributed by atoms with Crippen LogP contribution in [-0.4, -0.2) is 35.6 Å². The Bertz CT molecular complexity index is 1070. The van der Waals surface area contributed by atoms with Gasteiger partial charge < -0.3 is 14.8 Å². The van der Waals surface area contributed by atoms with E-state index in [2.05, 4.69) is 19.7 Å². The van der Waals surface area contributed by atoms with Crippen molar-refractivity contribution in [1.82, 2.24) is 14.4 Å². The first kappa shape index (κ1) is 15.3. The molecule has 2 heterocycles. The first-order chi connectivity index (χ1) is 12.3. The molecule has 0 unspecified atom stereocenters. The summed E-state index contributed by atoms with van der Waals surface area (Å²) in [4.78, 5) is 9.24. The molecule has 0 saturated heterocycles. The van der Waals surface area contributed by atoms with Crippen molar-refractivity contribution in [3.05, 3.63) is 48.7 Å². The number of hydrogen-bond acceptors (Lipinski definition) is 5. The predicted molar refractivity (Wildman–Crippen MR) is 98.6 cm³/mol. The van der Waals surface area contributed by atoms with E-state index in [0.717, 1.165) is 45.3 Å². The number of ether oxygens (including phenoxy) is 2. The lowest BCUT2D eigenvalue weighted by Crippen LogP contribution is -2.01. The van der Waals surface area contributed by atoms with Crippen LogP contribution < -0.4 is 14.8 Å². The molecule has 6 heteroatoms. The fourth-order valence-electron chi connectivity index (χ4n) is 3.05. The number of anilines is 1. The Balaban J connectivity index is 2.08. The highest BCUT2D eigenvalue weighted by molar-refractivity contribution is 5.87. The van der Waals surface area contributed by atoms with Gasteiger partial charge in [0.1, 0.15) is 11.5 Å². The van der Waals surface area contributed by atoms with E-state index >= 15 is 0 Å². The second-order valence-corrected chi connectivity index (χ2v) is 5.57. The van der Waals surface area contributed by atoms with Crippen molar-refractivity contribution in [2.75, 3.05) is 26.6 Å². The monoisotopic (exact) mass is 334 g/mol. The van der Waals surface area contributed by atoms with Crippen molar-refractivity contribution >= 4 is 22.5 Å². The van der Waals surface area contributed by atoms with Crippen LogP contribution >= 0.6 is 0 Å². The molecule has 0 fully saturated rings. The molecular formula is C19H18N4O2. The molecule has 0 aliphatic carbocycles. The standard InChI is InChI=1S/C19H18N4O2/c1-20-18-19-21-11-16(13-9-8-12(24-2)10-17(13)25-3)23(19)15-7-5-4-6-14(15)22-18/h4-11H,1-3H3,(H,20,22). The average molecular weight is 334 g/mol. The molecule has 6 nitrogen and oxygen atoms in total. The molecule has 0 spiro atoms. The molecule has 0 bridgehead atoms. The van der Waals surface area contributed by atoms with Crippen molar-refractivity contribution in [2.45, 2.75) is 0 Å². The molecule has 4 rings (SSSR count). The maximum Gasteiger partial charge on any atom is 0.181 e. The number of rotatable bonds is 4. The highest BCUT2D eigenvalue weighted by Crippen LogP contribution is 2.35. The van der Waals surface area contributed by atoms with E-state index < -0.39 is 0 Å². The Morgan fingerprint density at radius 1 is 1.04 bits per heavy atom. The third-order valence-electron chi connectivity index (χ3n) is 4.25. The van der Waals surface area contributed by atoms with Crippen LogP contribution in [0.15, 0.2) is 48.7 Å². The Hall–Kier alpha value is -3.28. The zero-order chi connectivity index (χ0) is 17.4. The molecule has 0 aliphatic rings. The van der Waals surface area contributed by atoms with Crippen molar-refractivity contribution in [2.24, 2.45) is 0 Å². The number of fused-ring (bicyclic) bond motifs is 3. The third kappa shape index (κ3) is 2.34. The lowest BCUT2D eigenvalue weighted by Gasteiger charge is -2.12. The molecule has 1 N–H and O–H groups in total. The summed E-state index contributed by atoms with van der Waals surface area (Å²) >= 11 is 0. The van der Waals surface area contributed by atoms with Crippen LogP contribution in [0.5, 0.6) is 11.5 Å². The number of para-hydroxylation sites is 2. The van der Waals surface area contributed by atoms with Gasteiger partial charge in [0.2, 0.25) is 0 Å². The third-order valence-corrected chi connectivity index (χ3v) is 4.25. The number of benzene rings is 2. The second kappa shape index (κ2) is 5.98. The number of nitrogens with one attached hydrogen (secondary N) is 1. The number of methoxy groups -OCH3 is 2. The smallest absolute Gasteiger partial charge is 0.181 e. The zero-order valence-corrected chi connectivity index (χ0v) is 14.3. The van der Waals surface area contributed by atoms with Gasteiger partial charge in [0.15, 0.2) is 11.5 Å². The molecule has 4 aromatic rings. The number of imidazole rings is 1. The van der Waals surface area contributed by atoms with E-state index in [1.807, 2.05) is 55.7 Å². The molecule has 0 aliphatic heterocycles. The van der Waals surface area contributed by atoms with Crippen LogP contribution in [0.25, 0.3) is 27.9 Å². The van der Waals surface area contributed by atoms with E-state index in [4.69, 9.17) is 9.47 Å². The lowest BCUT2D eigenvalue weighted by molar-refractivity contribution is 0.395. The summed E-state index contributed by atoms with van der Waals surface area (Å²) in [5, 5.41) is 3.13. The van der Waals surface area contributed by atoms with Crippen LogP contribution in [0.4, 0.5) is 5.82 Å². The molecule has 0 amide bonds. The predicted octanol–water partition coefficient (Wildman–Crippen LogP) is 3.61. The normalized spacial score (nSPS) is 11.0. The highest BCUT2D eigenvalue weighted by Gasteiger charge is 2.17. The molecule has 2 aromatic heterocycles. The average Bonchev–Trinajstić information content (AvgIpc) is 3.12. The van der Waals surface area contributed by atoms with Gasteiger partial charge in [-0.1, -0.05) is 12.1 Å². The van der Waals surface area contributed by atoms with Crippen molar-refractivity contribution in [3.8, 4) is 22.8 Å². The van der Waals surface area contributed by atoms with Crippen LogP contribution in [0.1, 0.15) is 0 Å². The Kier molecular flexibility index (Phi) is 3.65. The molecular weight excluding hydrogens is 316 g/mol. The first-order valence-electron chi connectivity index (χ1n) is 7.93. The van der Waals surface area contributed by atoms with Gasteiger partial charge in [0, 0.05) is 18.7 Å². The minimum atomic E-state index is 0.730. The van der Waals surface area contributed by atoms with Gasteiger partial charge in [-0.25, -0.2) is 9.97 Å². The van der Waals surface area contributed by atoms with E-state index in [-0.39, 0.29) is 0 Å². The first-order valence-corrected chi connectivity index (χ1v) is 7.93. The molecule has 0 atom stereocenters. The summed E-state index contributed by atoms with van der Waals surface area (Å²) in [6.07, 6.45) is 1.84. The molecule has 25 heavy (non-hydrogen) atoms. The topological polar surface area (TPSA) is 60.7 Å². The van der Waals surface area contributed by atoms with Gasteiger partial charge in [0.05, 0.1) is 37.1 Å². The summed E-state index contributed by atoms with van der Waals surface area (Å²) in [6.45, 7) is 0. The van der Waals surface area contributed by atoms with E-state index in [1.165, 1.54) is 0 Å². The SMILES string of the molecule is CNc1nc2ccccc2n2c(-c3ccc(OC)cc3OC)cnc12. The largest absolute Gasteiger partial charge is 0.497 e. The summed E-state index contributed by atoms with van der Waals surface area (Å²) < 4.78 is 13.0. The highest BCUT2D eigenvalue weighted by atomic mass is 16.5. The second-order valence-electron chi connectivity index (χ2n) is 5.57. The molecule has 0 saturated carbocycles. The minimum Gasteiger partial charge on any atom is -0.497 e. The summed E-state index contributed by atoms with van der Waals surface area (Å²) in [7, 11) is 5.14. The van der Waals surface area contributed by atoms with E-state index in [1.54, 1.807) is 14.2 Å². The summed E-state index contributed by atoms with van der Waals surface area (Å²) in [6, 6.07) is 13.8. The number of hydrogen-bond donors (Lipinski definition) is 1. The molecule has 0 radical (unpaired) electrons. The van der Waals surface area contributed by atoms with Crippen LogP contribution in [0.3, 0.4) is 0 Å². The fourth-order valence-corrected chi connectivity index (χ4v) is 3.05. The van der Waals surface area contributed by atoms with Crippen molar-refractivity contribution < 1.29 is 9.47 Å². The maximum absolute atomic E-state index is 5.58. The maximum atomic E-state index is 5.58. The van der Waals surface area contributed by atoms with Gasteiger partial charge in [0.25, 0.3) is 0 Å². The fraction of sp³-hybridized carbons (Fsp3) is 0.158. The van der Waals surface area contributed by atoms with Crippen LogP contribution in [0.2, 0.25) is 0 Å². The number of aromatic nitrogens is 3. The van der Waals surface area contributed by atoms with Gasteiger partial charge in [-0.3, -0.25) is 4.40 Å². The van der Waals surface area contributed by atoms with Gasteiger partial charge in [-0.15, -0.1) is 0 Å². The number of nitrogens with zero attached hydrogens (tertiary/aromatic N) is 3. The van der Waals surface area contributed by atoms with Crippen molar-refractivity contribution in [3.63, 3.8) is 0 Å². The zero-order valence-electron chi connectivity index (χ0n) is 14.3. The quantitative estimate of drug-likeness (QED) is 0.618. The van der Waals surface area contributed by atoms with Gasteiger partial charge >= 0.3 is 0 Å². The van der Waals surface area contributed by atoms with Gasteiger partial charge in [-0.2, -0.15) is 0 Å². The summed E-state index contributed by atoms with van der Waals surface area (Å²) in [5.41, 5.74) is 4.53. The van der Waals surface area contributed by atoms with Crippen LogP contribution in [-0.2, 0) is 0 Å². The minimum absolute atomic E-state index is 0.730. The van der Waals surface area contributed by atoms with Gasteiger partial charge in [-0.05, 0) is 24.3 Å². The van der Waals surface area contributed by atoms with Crippen molar-refractivity contribution in [1.29, 1.82) is 0 Å². The van der Waals surface area contributed by atoms with E-state index in [9.17, 15) is 0 Å². The molecule has 2 aromatic carbocycles. The Morgan fingerprint density at radius 2 is 1.88 bits per heavy atom. The van der Waals surface area contributed by atoms with Crippen LogP contribution in [0, 0.1) is 0 Å². The molecule has 126 valence electrons. The Labute approximate surface area is 145 Å². The Morgan fingerprint density at radius 3 is 2.64 bits per heavy atom. The van der Waals surface area contributed by atoms with E-state index in [0.29, 0.717) is 0 Å². The summed E-state index contributed by atoms with van der Waals surface area (Å²) in [5.74, 6) is 2.21.